The molecule has 0 aliphatic carbocycles. The van der Waals surface area contributed by atoms with Crippen molar-refractivity contribution in [2.75, 3.05) is 6.54 Å². The molecule has 1 amide bonds. The number of carbonyl (C=O) groups is 2. The summed E-state index contributed by atoms with van der Waals surface area (Å²) in [6.45, 7) is -1.68. The molecule has 0 fully saturated rings. The number of benzene rings is 1. The normalized spacial score (nSPS) is 14.8. The van der Waals surface area contributed by atoms with Gasteiger partial charge in [-0.25, -0.2) is 4.79 Å². The van der Waals surface area contributed by atoms with Crippen molar-refractivity contribution >= 4 is 11.9 Å². The average molecular weight is 355 g/mol. The van der Waals surface area contributed by atoms with Crippen LogP contribution in [0.15, 0.2) is 30.3 Å². The van der Waals surface area contributed by atoms with Gasteiger partial charge >= 0.3 is 18.1 Å². The summed E-state index contributed by atoms with van der Waals surface area (Å²) >= 11 is 0. The van der Waals surface area contributed by atoms with Crippen LogP contribution in [0.1, 0.15) is 12.5 Å². The zero-order chi connectivity index (χ0) is 18.6. The quantitative estimate of drug-likeness (QED) is 0.582. The number of nitrogens with one attached hydrogen (secondary N) is 1. The molecular weight excluding hydrogens is 341 g/mol. The average Bonchev–Trinajstić information content (AvgIpc) is 2.50. The second-order valence-corrected chi connectivity index (χ2v) is 5.00. The molecule has 0 saturated heterocycles. The first kappa shape index (κ1) is 19.8. The molecular formula is C14H14F5NO4. The zero-order valence-corrected chi connectivity index (χ0v) is 12.4. The Labute approximate surface area is 133 Å². The Bertz CT molecular complexity index is 591. The molecule has 0 bridgehead atoms. The van der Waals surface area contributed by atoms with Gasteiger partial charge in [-0.05, 0) is 12.5 Å². The topological polar surface area (TPSA) is 75.6 Å². The first-order valence-electron chi connectivity index (χ1n) is 6.54. The number of carbonyl (C=O) groups excluding carboxylic acids is 1. The standard InChI is InChI=1S/C14H14F5NO4/c1-12(11(22)23,24-7-9-5-3-2-4-6-9)10(21)20-8-13(15,16)14(17,18)19/h2-6H,7-8H2,1H3,(H,20,21)(H,22,23)/t12-/m0/s1. The van der Waals surface area contributed by atoms with Crippen molar-refractivity contribution in [1.82, 2.24) is 5.32 Å². The number of halogens is 5. The van der Waals surface area contributed by atoms with E-state index in [0.717, 1.165) is 6.92 Å². The lowest BCUT2D eigenvalue weighted by Gasteiger charge is -2.26. The molecule has 0 saturated carbocycles. The molecule has 2 N–H and O–H groups in total. The van der Waals surface area contributed by atoms with E-state index in [2.05, 4.69) is 0 Å². The Kier molecular flexibility index (Phi) is 5.88. The number of carboxylic acids is 1. The highest BCUT2D eigenvalue weighted by Crippen LogP contribution is 2.34. The highest BCUT2D eigenvalue weighted by atomic mass is 19.4. The number of carboxylic acid groups (broad SMARTS) is 1. The minimum absolute atomic E-state index is 0.354. The van der Waals surface area contributed by atoms with Crippen molar-refractivity contribution in [1.29, 1.82) is 0 Å². The number of aliphatic carboxylic acids is 1. The Morgan fingerprint density at radius 1 is 1.12 bits per heavy atom. The molecule has 0 spiro atoms. The molecule has 1 aromatic rings. The maximum absolute atomic E-state index is 12.8. The van der Waals surface area contributed by atoms with Crippen LogP contribution in [-0.2, 0) is 20.9 Å². The van der Waals surface area contributed by atoms with Gasteiger partial charge in [-0.3, -0.25) is 4.79 Å². The van der Waals surface area contributed by atoms with Gasteiger partial charge in [0.15, 0.2) is 0 Å². The number of ether oxygens (including phenoxy) is 1. The van der Waals surface area contributed by atoms with Gasteiger partial charge in [-0.15, -0.1) is 0 Å². The second-order valence-electron chi connectivity index (χ2n) is 5.00. The highest BCUT2D eigenvalue weighted by molar-refractivity contribution is 6.05. The van der Waals surface area contributed by atoms with Crippen molar-refractivity contribution in [2.24, 2.45) is 0 Å². The molecule has 1 rings (SSSR count). The number of amides is 1. The molecule has 0 heterocycles. The highest BCUT2D eigenvalue weighted by Gasteiger charge is 2.58. The fourth-order valence-electron chi connectivity index (χ4n) is 1.49. The van der Waals surface area contributed by atoms with Crippen molar-refractivity contribution in [2.45, 2.75) is 31.2 Å². The number of hydrogen-bond donors (Lipinski definition) is 2. The summed E-state index contributed by atoms with van der Waals surface area (Å²) < 4.78 is 66.7. The lowest BCUT2D eigenvalue weighted by Crippen LogP contribution is -2.56. The Balaban J connectivity index is 2.79. The molecule has 134 valence electrons. The minimum Gasteiger partial charge on any atom is -0.479 e. The van der Waals surface area contributed by atoms with Gasteiger partial charge in [0.25, 0.3) is 5.91 Å². The molecule has 10 heteroatoms. The van der Waals surface area contributed by atoms with E-state index in [1.165, 1.54) is 5.32 Å². The molecule has 0 unspecified atom stereocenters. The predicted octanol–water partition coefficient (Wildman–Crippen LogP) is 2.36. The van der Waals surface area contributed by atoms with E-state index in [1.54, 1.807) is 30.3 Å². The fourth-order valence-corrected chi connectivity index (χ4v) is 1.49. The predicted molar refractivity (Wildman–Crippen MR) is 71.3 cm³/mol. The van der Waals surface area contributed by atoms with Crippen molar-refractivity contribution < 1.29 is 41.4 Å². The van der Waals surface area contributed by atoms with Crippen molar-refractivity contribution in [3.8, 4) is 0 Å². The van der Waals surface area contributed by atoms with Crippen LogP contribution < -0.4 is 5.32 Å². The van der Waals surface area contributed by atoms with Gasteiger partial charge in [0.05, 0.1) is 13.2 Å². The molecule has 0 aliphatic rings. The molecule has 1 aromatic carbocycles. The molecule has 0 aromatic heterocycles. The van der Waals surface area contributed by atoms with Crippen LogP contribution >= 0.6 is 0 Å². The van der Waals surface area contributed by atoms with E-state index < -0.39 is 36.1 Å². The van der Waals surface area contributed by atoms with Crippen molar-refractivity contribution in [3.63, 3.8) is 0 Å². The Morgan fingerprint density at radius 3 is 2.12 bits per heavy atom. The van der Waals surface area contributed by atoms with E-state index in [9.17, 15) is 31.5 Å². The molecule has 0 aliphatic heterocycles. The first-order valence-corrected chi connectivity index (χ1v) is 6.54. The summed E-state index contributed by atoms with van der Waals surface area (Å²) in [5.41, 5.74) is -2.14. The second kappa shape index (κ2) is 7.12. The van der Waals surface area contributed by atoms with Gasteiger partial charge in [0.1, 0.15) is 0 Å². The van der Waals surface area contributed by atoms with Crippen LogP contribution in [-0.4, -0.2) is 41.2 Å². The van der Waals surface area contributed by atoms with Crippen LogP contribution in [0.4, 0.5) is 22.0 Å². The molecule has 5 nitrogen and oxygen atoms in total. The van der Waals surface area contributed by atoms with E-state index in [0.29, 0.717) is 5.56 Å². The number of rotatable bonds is 7. The summed E-state index contributed by atoms with van der Waals surface area (Å²) in [6, 6.07) is 8.00. The third-order valence-corrected chi connectivity index (χ3v) is 3.10. The van der Waals surface area contributed by atoms with Crippen molar-refractivity contribution in [3.05, 3.63) is 35.9 Å². The van der Waals surface area contributed by atoms with Gasteiger partial charge in [0.2, 0.25) is 5.60 Å². The smallest absolute Gasteiger partial charge is 0.455 e. The van der Waals surface area contributed by atoms with Gasteiger partial charge in [0, 0.05) is 0 Å². The van der Waals surface area contributed by atoms with E-state index in [-0.39, 0.29) is 6.61 Å². The van der Waals surface area contributed by atoms with E-state index in [1.807, 2.05) is 0 Å². The summed E-state index contributed by atoms with van der Waals surface area (Å²) in [5.74, 6) is -8.64. The monoisotopic (exact) mass is 355 g/mol. The first-order chi connectivity index (χ1) is 10.9. The Hall–Kier alpha value is -2.23. The van der Waals surface area contributed by atoms with Gasteiger partial charge in [-0.1, -0.05) is 30.3 Å². The summed E-state index contributed by atoms with van der Waals surface area (Å²) in [7, 11) is 0. The molecule has 0 radical (unpaired) electrons. The van der Waals surface area contributed by atoms with Crippen LogP contribution in [0.5, 0.6) is 0 Å². The number of hydrogen-bond acceptors (Lipinski definition) is 3. The summed E-state index contributed by atoms with van der Waals surface area (Å²) in [4.78, 5) is 23.0. The summed E-state index contributed by atoms with van der Waals surface area (Å²) in [6.07, 6.45) is -5.87. The summed E-state index contributed by atoms with van der Waals surface area (Å²) in [5, 5.41) is 10.3. The largest absolute Gasteiger partial charge is 0.479 e. The fraction of sp³-hybridized carbons (Fsp3) is 0.429. The van der Waals surface area contributed by atoms with Gasteiger partial charge < -0.3 is 15.2 Å². The zero-order valence-electron chi connectivity index (χ0n) is 12.4. The lowest BCUT2D eigenvalue weighted by molar-refractivity contribution is -0.279. The van der Waals surface area contributed by atoms with Gasteiger partial charge in [-0.2, -0.15) is 22.0 Å². The third kappa shape index (κ3) is 4.63. The van der Waals surface area contributed by atoms with Crippen LogP contribution in [0.2, 0.25) is 0 Å². The molecule has 24 heavy (non-hydrogen) atoms. The van der Waals surface area contributed by atoms with Crippen LogP contribution in [0, 0.1) is 0 Å². The van der Waals surface area contributed by atoms with E-state index >= 15 is 0 Å². The maximum Gasteiger partial charge on any atom is 0.455 e. The van der Waals surface area contributed by atoms with Crippen LogP contribution in [0.25, 0.3) is 0 Å². The molecule has 1 atom stereocenters. The Morgan fingerprint density at radius 2 is 1.67 bits per heavy atom. The van der Waals surface area contributed by atoms with Crippen LogP contribution in [0.3, 0.4) is 0 Å². The minimum atomic E-state index is -5.87. The lowest BCUT2D eigenvalue weighted by atomic mass is 10.1. The third-order valence-electron chi connectivity index (χ3n) is 3.10. The van der Waals surface area contributed by atoms with E-state index in [4.69, 9.17) is 9.84 Å². The SMILES string of the molecule is C[C@@](OCc1ccccc1)(C(=O)O)C(=O)NCC(F)(F)C(F)(F)F. The maximum atomic E-state index is 12.8. The number of alkyl halides is 5.